The molecule has 5 heteroatoms. The number of ether oxygens (including phenoxy) is 1. The van der Waals surface area contributed by atoms with Gasteiger partial charge in [-0.25, -0.2) is 0 Å². The van der Waals surface area contributed by atoms with Gasteiger partial charge in [-0.15, -0.1) is 0 Å². The van der Waals surface area contributed by atoms with Gasteiger partial charge in [-0.2, -0.15) is 4.98 Å². The Kier molecular flexibility index (Phi) is 2.73. The second-order valence-corrected chi connectivity index (χ2v) is 5.66. The van der Waals surface area contributed by atoms with E-state index in [2.05, 4.69) is 16.2 Å². The summed E-state index contributed by atoms with van der Waals surface area (Å²) in [5.74, 6) is 2.79. The number of rotatable bonds is 2. The first kappa shape index (κ1) is 11.9. The summed E-state index contributed by atoms with van der Waals surface area (Å²) < 4.78 is 11.1. The smallest absolute Gasteiger partial charge is 0.229 e. The van der Waals surface area contributed by atoms with Gasteiger partial charge in [-0.1, -0.05) is 23.4 Å². The summed E-state index contributed by atoms with van der Waals surface area (Å²) in [5, 5.41) is 4.16. The zero-order valence-corrected chi connectivity index (χ0v) is 11.2. The molecule has 0 amide bonds. The molecule has 2 heterocycles. The van der Waals surface area contributed by atoms with Crippen molar-refractivity contribution >= 4 is 0 Å². The number of para-hydroxylation sites is 1. The zero-order chi connectivity index (χ0) is 13.5. The molecule has 1 fully saturated rings. The predicted molar refractivity (Wildman–Crippen MR) is 72.6 cm³/mol. The number of nitrogens with two attached hydrogens (primary N) is 1. The highest BCUT2D eigenvalue weighted by molar-refractivity contribution is 5.42. The van der Waals surface area contributed by atoms with Crippen molar-refractivity contribution in [2.45, 2.75) is 37.1 Å². The summed E-state index contributed by atoms with van der Waals surface area (Å²) >= 11 is 0. The van der Waals surface area contributed by atoms with Crippen molar-refractivity contribution in [3.63, 3.8) is 0 Å². The molecule has 104 valence electrons. The Morgan fingerprint density at radius 3 is 2.95 bits per heavy atom. The third-order valence-corrected chi connectivity index (χ3v) is 4.29. The van der Waals surface area contributed by atoms with Crippen LogP contribution in [0.4, 0.5) is 0 Å². The molecule has 5 nitrogen and oxygen atoms in total. The number of hydrogen-bond donors (Lipinski definition) is 1. The first-order chi connectivity index (χ1) is 9.81. The first-order valence-electron chi connectivity index (χ1n) is 7.12. The van der Waals surface area contributed by atoms with E-state index in [1.165, 1.54) is 0 Å². The Morgan fingerprint density at radius 1 is 1.20 bits per heavy atom. The van der Waals surface area contributed by atoms with Crippen molar-refractivity contribution in [3.8, 4) is 5.75 Å². The number of benzene rings is 1. The van der Waals surface area contributed by atoms with Gasteiger partial charge < -0.3 is 15.0 Å². The Hall–Kier alpha value is -1.88. The van der Waals surface area contributed by atoms with Gasteiger partial charge in [-0.05, 0) is 25.3 Å². The lowest BCUT2D eigenvalue weighted by Crippen LogP contribution is -2.14. The standard InChI is InChI=1S/C15H17N3O2/c16-10-6-5-9(7-10)15-17-14(18-20-15)12-8-19-13-4-2-1-3-11(12)13/h1-4,9-10,12H,5-8,16H2. The normalized spacial score (nSPS) is 28.4. The van der Waals surface area contributed by atoms with Crippen LogP contribution in [0.2, 0.25) is 0 Å². The molecule has 20 heavy (non-hydrogen) atoms. The Labute approximate surface area is 117 Å². The highest BCUT2D eigenvalue weighted by atomic mass is 16.5. The lowest BCUT2D eigenvalue weighted by molar-refractivity contribution is 0.327. The van der Waals surface area contributed by atoms with E-state index in [1.807, 2.05) is 18.2 Å². The molecule has 1 aromatic carbocycles. The Balaban J connectivity index is 1.60. The highest BCUT2D eigenvalue weighted by Crippen LogP contribution is 2.38. The van der Waals surface area contributed by atoms with Gasteiger partial charge in [-0.3, -0.25) is 0 Å². The summed E-state index contributed by atoms with van der Waals surface area (Å²) in [6.45, 7) is 0.586. The molecule has 1 aliphatic heterocycles. The van der Waals surface area contributed by atoms with Crippen LogP contribution in [0, 0.1) is 0 Å². The highest BCUT2D eigenvalue weighted by Gasteiger charge is 2.32. The molecule has 1 saturated carbocycles. The Morgan fingerprint density at radius 2 is 2.10 bits per heavy atom. The molecule has 0 radical (unpaired) electrons. The van der Waals surface area contributed by atoms with E-state index in [-0.39, 0.29) is 12.0 Å². The number of fused-ring (bicyclic) bond motifs is 1. The summed E-state index contributed by atoms with van der Waals surface area (Å²) in [6.07, 6.45) is 3.03. The van der Waals surface area contributed by atoms with Crippen LogP contribution < -0.4 is 10.5 Å². The van der Waals surface area contributed by atoms with Crippen LogP contribution in [0.25, 0.3) is 0 Å². The van der Waals surface area contributed by atoms with Gasteiger partial charge in [0.15, 0.2) is 5.82 Å². The van der Waals surface area contributed by atoms with Crippen molar-refractivity contribution in [1.29, 1.82) is 0 Å². The number of aromatic nitrogens is 2. The molecule has 2 aliphatic rings. The second kappa shape index (κ2) is 4.59. The predicted octanol–water partition coefficient (Wildman–Crippen LogP) is 2.19. The minimum absolute atomic E-state index is 0.0822. The molecule has 4 rings (SSSR count). The lowest BCUT2D eigenvalue weighted by atomic mass is 10.0. The topological polar surface area (TPSA) is 74.2 Å². The van der Waals surface area contributed by atoms with Crippen molar-refractivity contribution in [2.75, 3.05) is 6.61 Å². The maximum Gasteiger partial charge on any atom is 0.229 e. The SMILES string of the molecule is NC1CCC(c2nc(C3COc4ccccc43)no2)C1. The average molecular weight is 271 g/mol. The fraction of sp³-hybridized carbons (Fsp3) is 0.467. The van der Waals surface area contributed by atoms with Gasteiger partial charge in [0.1, 0.15) is 12.4 Å². The second-order valence-electron chi connectivity index (χ2n) is 5.66. The summed E-state index contributed by atoms with van der Waals surface area (Å²) in [6, 6.07) is 8.30. The lowest BCUT2D eigenvalue weighted by Gasteiger charge is -2.03. The van der Waals surface area contributed by atoms with E-state index in [4.69, 9.17) is 15.0 Å². The van der Waals surface area contributed by atoms with Crippen LogP contribution in [0.1, 0.15) is 48.4 Å². The maximum absolute atomic E-state index is 5.94. The van der Waals surface area contributed by atoms with Crippen molar-refractivity contribution in [2.24, 2.45) is 5.73 Å². The van der Waals surface area contributed by atoms with Gasteiger partial charge in [0.25, 0.3) is 0 Å². The van der Waals surface area contributed by atoms with Gasteiger partial charge in [0, 0.05) is 17.5 Å². The molecule has 0 saturated heterocycles. The fourth-order valence-electron chi connectivity index (χ4n) is 3.17. The molecular weight excluding hydrogens is 254 g/mol. The molecule has 2 N–H and O–H groups in total. The quantitative estimate of drug-likeness (QED) is 0.906. The molecule has 0 spiro atoms. The summed E-state index contributed by atoms with van der Waals surface area (Å²) in [4.78, 5) is 4.59. The van der Waals surface area contributed by atoms with E-state index in [0.29, 0.717) is 12.5 Å². The van der Waals surface area contributed by atoms with Crippen molar-refractivity contribution in [1.82, 2.24) is 10.1 Å². The van der Waals surface area contributed by atoms with Gasteiger partial charge in [0.2, 0.25) is 5.89 Å². The average Bonchev–Trinajstić information content (AvgIpc) is 3.15. The molecular formula is C15H17N3O2. The maximum atomic E-state index is 5.94. The van der Waals surface area contributed by atoms with Crippen LogP contribution in [0.5, 0.6) is 5.75 Å². The summed E-state index contributed by atoms with van der Waals surface area (Å²) in [5.41, 5.74) is 7.09. The van der Waals surface area contributed by atoms with Crippen LogP contribution >= 0.6 is 0 Å². The van der Waals surface area contributed by atoms with Crippen LogP contribution in [-0.4, -0.2) is 22.8 Å². The minimum atomic E-state index is 0.0822. The van der Waals surface area contributed by atoms with Gasteiger partial charge in [0.05, 0.1) is 5.92 Å². The van der Waals surface area contributed by atoms with Crippen molar-refractivity contribution < 1.29 is 9.26 Å². The van der Waals surface area contributed by atoms with Crippen molar-refractivity contribution in [3.05, 3.63) is 41.5 Å². The van der Waals surface area contributed by atoms with E-state index >= 15 is 0 Å². The largest absolute Gasteiger partial charge is 0.492 e. The zero-order valence-electron chi connectivity index (χ0n) is 11.2. The monoisotopic (exact) mass is 271 g/mol. The number of nitrogens with zero attached hydrogens (tertiary/aromatic N) is 2. The summed E-state index contributed by atoms with van der Waals surface area (Å²) in [7, 11) is 0. The molecule has 3 unspecified atom stereocenters. The van der Waals surface area contributed by atoms with Gasteiger partial charge >= 0.3 is 0 Å². The van der Waals surface area contributed by atoms with Crippen LogP contribution in [-0.2, 0) is 0 Å². The third-order valence-electron chi connectivity index (χ3n) is 4.29. The van der Waals surface area contributed by atoms with E-state index in [1.54, 1.807) is 0 Å². The minimum Gasteiger partial charge on any atom is -0.492 e. The van der Waals surface area contributed by atoms with E-state index in [9.17, 15) is 0 Å². The Bertz CT molecular complexity index is 625. The van der Waals surface area contributed by atoms with Crippen LogP contribution in [0.15, 0.2) is 28.8 Å². The van der Waals surface area contributed by atoms with E-state index in [0.717, 1.165) is 42.3 Å². The molecule has 1 aliphatic carbocycles. The molecule has 3 atom stereocenters. The number of hydrogen-bond acceptors (Lipinski definition) is 5. The van der Waals surface area contributed by atoms with E-state index < -0.39 is 0 Å². The van der Waals surface area contributed by atoms with Crippen LogP contribution in [0.3, 0.4) is 0 Å². The first-order valence-corrected chi connectivity index (χ1v) is 7.12. The molecule has 0 bridgehead atoms. The molecule has 1 aromatic heterocycles. The third kappa shape index (κ3) is 1.89. The molecule has 2 aromatic rings. The fourth-order valence-corrected chi connectivity index (χ4v) is 3.17.